The van der Waals surface area contributed by atoms with Gasteiger partial charge in [-0.05, 0) is 89.8 Å². The number of aryl methyl sites for hydroxylation is 1. The molecule has 0 unspecified atom stereocenters. The molecular weight excluding hydrogens is 679 g/mol. The van der Waals surface area contributed by atoms with Gasteiger partial charge in [0.15, 0.2) is 0 Å². The summed E-state index contributed by atoms with van der Waals surface area (Å²) in [6, 6.07) is 15.1. The molecule has 0 heterocycles. The Morgan fingerprint density at radius 1 is 0.660 bits per heavy atom. The molecule has 53 heavy (non-hydrogen) atoms. The zero-order valence-corrected chi connectivity index (χ0v) is 35.1. The molecule has 0 aliphatic rings. The third kappa shape index (κ3) is 14.0. The maximum atomic E-state index is 14.3. The SMILES string of the molecule is CCCCCCCCCCCCCCCC(=O)Nc1cc(NS(=O)(=O)c2c(C(C)C)cc(C(C)C)cc2C(C)C)ccc1Nc1ccc(OC)cc1C. The first-order valence-electron chi connectivity index (χ1n) is 20.3. The lowest BCUT2D eigenvalue weighted by molar-refractivity contribution is -0.116. The molecule has 0 fully saturated rings. The monoisotopic (exact) mass is 748 g/mol. The summed E-state index contributed by atoms with van der Waals surface area (Å²) in [4.78, 5) is 13.7. The van der Waals surface area contributed by atoms with E-state index in [0.29, 0.717) is 28.4 Å². The van der Waals surface area contributed by atoms with Gasteiger partial charge in [-0.3, -0.25) is 9.52 Å². The van der Waals surface area contributed by atoms with E-state index in [9.17, 15) is 13.2 Å². The summed E-state index contributed by atoms with van der Waals surface area (Å²) >= 11 is 0. The van der Waals surface area contributed by atoms with Gasteiger partial charge in [0, 0.05) is 12.1 Å². The Morgan fingerprint density at radius 3 is 1.68 bits per heavy atom. The van der Waals surface area contributed by atoms with Crippen LogP contribution >= 0.6 is 0 Å². The van der Waals surface area contributed by atoms with E-state index in [1.807, 2.05) is 71.0 Å². The molecule has 0 saturated carbocycles. The minimum absolute atomic E-state index is 0.0112. The van der Waals surface area contributed by atoms with Gasteiger partial charge < -0.3 is 15.4 Å². The predicted octanol–water partition coefficient (Wildman–Crippen LogP) is 13.3. The fourth-order valence-electron chi connectivity index (χ4n) is 6.79. The molecule has 0 aromatic heterocycles. The van der Waals surface area contributed by atoms with Gasteiger partial charge in [-0.1, -0.05) is 138 Å². The van der Waals surface area contributed by atoms with Crippen LogP contribution in [0.25, 0.3) is 0 Å². The van der Waals surface area contributed by atoms with Crippen molar-refractivity contribution in [1.82, 2.24) is 0 Å². The minimum Gasteiger partial charge on any atom is -0.497 e. The highest BCUT2D eigenvalue weighted by molar-refractivity contribution is 7.92. The molecule has 7 nitrogen and oxygen atoms in total. The van der Waals surface area contributed by atoms with Gasteiger partial charge in [-0.2, -0.15) is 0 Å². The number of benzene rings is 3. The predicted molar refractivity (Wildman–Crippen MR) is 226 cm³/mol. The van der Waals surface area contributed by atoms with Crippen LogP contribution in [0.2, 0.25) is 0 Å². The molecule has 3 N–H and O–H groups in total. The number of unbranched alkanes of at least 4 members (excludes halogenated alkanes) is 12. The molecule has 3 rings (SSSR count). The second kappa shape index (κ2) is 22.0. The van der Waals surface area contributed by atoms with Crippen molar-refractivity contribution < 1.29 is 17.9 Å². The van der Waals surface area contributed by atoms with Crippen LogP contribution in [0.3, 0.4) is 0 Å². The summed E-state index contributed by atoms with van der Waals surface area (Å²) in [6.45, 7) is 16.7. The van der Waals surface area contributed by atoms with E-state index in [-0.39, 0.29) is 23.7 Å². The van der Waals surface area contributed by atoms with Gasteiger partial charge in [0.1, 0.15) is 5.75 Å². The topological polar surface area (TPSA) is 96.5 Å². The zero-order valence-electron chi connectivity index (χ0n) is 34.3. The first kappa shape index (κ1) is 43.9. The quantitative estimate of drug-likeness (QED) is 0.0793. The van der Waals surface area contributed by atoms with E-state index in [1.54, 1.807) is 19.2 Å². The van der Waals surface area contributed by atoms with Crippen molar-refractivity contribution in [3.05, 3.63) is 70.8 Å². The first-order chi connectivity index (χ1) is 25.3. The van der Waals surface area contributed by atoms with Crippen molar-refractivity contribution in [2.24, 2.45) is 0 Å². The number of amides is 1. The van der Waals surface area contributed by atoms with Crippen molar-refractivity contribution in [3.8, 4) is 5.75 Å². The van der Waals surface area contributed by atoms with Crippen LogP contribution in [0.1, 0.15) is 178 Å². The molecule has 8 heteroatoms. The summed E-state index contributed by atoms with van der Waals surface area (Å²) in [5.74, 6) is 0.965. The van der Waals surface area contributed by atoms with Crippen molar-refractivity contribution in [2.45, 2.75) is 168 Å². The number of hydrogen-bond acceptors (Lipinski definition) is 5. The summed E-state index contributed by atoms with van der Waals surface area (Å²) < 4.78 is 36.8. The van der Waals surface area contributed by atoms with Gasteiger partial charge in [-0.15, -0.1) is 0 Å². The zero-order chi connectivity index (χ0) is 39.0. The Hall–Kier alpha value is -3.52. The Kier molecular flexibility index (Phi) is 18.2. The molecule has 3 aromatic carbocycles. The van der Waals surface area contributed by atoms with Crippen LogP contribution in [-0.4, -0.2) is 21.4 Å². The summed E-state index contributed by atoms with van der Waals surface area (Å²) in [5, 5.41) is 6.55. The van der Waals surface area contributed by atoms with E-state index in [0.717, 1.165) is 53.0 Å². The molecule has 1 amide bonds. The van der Waals surface area contributed by atoms with Crippen LogP contribution in [0.15, 0.2) is 53.4 Å². The van der Waals surface area contributed by atoms with Crippen molar-refractivity contribution >= 4 is 38.7 Å². The van der Waals surface area contributed by atoms with Crippen molar-refractivity contribution in [1.29, 1.82) is 0 Å². The largest absolute Gasteiger partial charge is 0.497 e. The normalized spacial score (nSPS) is 11.8. The molecule has 3 aromatic rings. The van der Waals surface area contributed by atoms with Gasteiger partial charge >= 0.3 is 0 Å². The molecule has 0 radical (unpaired) electrons. The van der Waals surface area contributed by atoms with E-state index < -0.39 is 10.0 Å². The Labute approximate surface area is 322 Å². The van der Waals surface area contributed by atoms with Crippen LogP contribution in [0.5, 0.6) is 5.75 Å². The Bertz CT molecular complexity index is 1670. The summed E-state index contributed by atoms with van der Waals surface area (Å²) in [6.07, 6.45) is 16.6. The van der Waals surface area contributed by atoms with Crippen LogP contribution < -0.4 is 20.1 Å². The fraction of sp³-hybridized carbons (Fsp3) is 0.578. The Morgan fingerprint density at radius 2 is 1.19 bits per heavy atom. The van der Waals surface area contributed by atoms with Gasteiger partial charge in [0.05, 0.1) is 29.1 Å². The Balaban J connectivity index is 1.76. The smallest absolute Gasteiger partial charge is 0.262 e. The summed E-state index contributed by atoms with van der Waals surface area (Å²) in [7, 11) is -2.33. The van der Waals surface area contributed by atoms with Crippen LogP contribution in [0, 0.1) is 6.92 Å². The number of carbonyl (C=O) groups excluding carboxylic acids is 1. The maximum absolute atomic E-state index is 14.3. The molecule has 0 atom stereocenters. The third-order valence-electron chi connectivity index (χ3n) is 10.1. The van der Waals surface area contributed by atoms with Gasteiger partial charge in [-0.25, -0.2) is 8.42 Å². The fourth-order valence-corrected chi connectivity index (χ4v) is 8.54. The van der Waals surface area contributed by atoms with Crippen molar-refractivity contribution in [2.75, 3.05) is 22.5 Å². The lowest BCUT2D eigenvalue weighted by atomic mass is 9.89. The number of nitrogens with one attached hydrogen (secondary N) is 3. The van der Waals surface area contributed by atoms with Crippen LogP contribution in [0.4, 0.5) is 22.7 Å². The first-order valence-corrected chi connectivity index (χ1v) is 21.8. The molecule has 0 aliphatic carbocycles. The highest BCUT2D eigenvalue weighted by Gasteiger charge is 2.27. The van der Waals surface area contributed by atoms with Crippen LogP contribution in [-0.2, 0) is 14.8 Å². The highest BCUT2D eigenvalue weighted by Crippen LogP contribution is 2.37. The van der Waals surface area contributed by atoms with Gasteiger partial charge in [0.25, 0.3) is 10.0 Å². The third-order valence-corrected chi connectivity index (χ3v) is 11.6. The van der Waals surface area contributed by atoms with E-state index in [1.165, 1.54) is 64.2 Å². The average Bonchev–Trinajstić information content (AvgIpc) is 3.11. The number of anilines is 4. The van der Waals surface area contributed by atoms with E-state index >= 15 is 0 Å². The minimum atomic E-state index is -3.97. The van der Waals surface area contributed by atoms with E-state index in [4.69, 9.17) is 4.74 Å². The number of ether oxygens (including phenoxy) is 1. The molecule has 0 saturated heterocycles. The molecule has 0 aliphatic heterocycles. The number of methoxy groups -OCH3 is 1. The number of hydrogen-bond donors (Lipinski definition) is 3. The summed E-state index contributed by atoms with van der Waals surface area (Å²) in [5.41, 5.74) is 6.17. The maximum Gasteiger partial charge on any atom is 0.262 e. The lowest BCUT2D eigenvalue weighted by Gasteiger charge is -2.23. The highest BCUT2D eigenvalue weighted by atomic mass is 32.2. The molecule has 294 valence electrons. The number of rotatable bonds is 24. The standard InChI is InChI=1S/C45H69N3O4S/c1-10-11-12-13-14-15-16-17-18-19-20-21-22-23-44(49)47-43-31-37(24-26-42(43)46-41-27-25-38(52-9)28-35(41)8)48-53(50,51)45-39(33(4)5)29-36(32(2)3)30-40(45)34(6)7/h24-34,46,48H,10-23H2,1-9H3,(H,47,49). The second-order valence-corrected chi connectivity index (χ2v) is 17.3. The lowest BCUT2D eigenvalue weighted by Crippen LogP contribution is -2.19. The van der Waals surface area contributed by atoms with E-state index in [2.05, 4.69) is 36.1 Å². The average molecular weight is 748 g/mol. The number of sulfonamides is 1. The van der Waals surface area contributed by atoms with Gasteiger partial charge in [0.2, 0.25) is 5.91 Å². The molecule has 0 bridgehead atoms. The van der Waals surface area contributed by atoms with Crippen molar-refractivity contribution in [3.63, 3.8) is 0 Å². The molecule has 0 spiro atoms. The second-order valence-electron chi connectivity index (χ2n) is 15.7. The number of carbonyl (C=O) groups is 1. The molecular formula is C45H69N3O4S.